The van der Waals surface area contributed by atoms with Gasteiger partial charge in [-0.15, -0.1) is 0 Å². The molecule has 0 atom stereocenters. The molecule has 0 aliphatic rings. The average Bonchev–Trinajstić information content (AvgIpc) is 2.57. The summed E-state index contributed by atoms with van der Waals surface area (Å²) in [5.41, 5.74) is 7.57. The smallest absolute Gasteiger partial charge is 0.107 e. The number of benzene rings is 1. The molecule has 1 heterocycles. The van der Waals surface area contributed by atoms with Gasteiger partial charge >= 0.3 is 0 Å². The quantitative estimate of drug-likeness (QED) is 0.741. The Balaban J connectivity index is 2.28. The Bertz CT molecular complexity index is 359. The Morgan fingerprint density at radius 3 is 2.92 bits per heavy atom. The van der Waals surface area contributed by atoms with Gasteiger partial charge in [0.15, 0.2) is 0 Å². The third-order valence-corrected chi connectivity index (χ3v) is 2.06. The molecule has 2 rings (SSSR count). The molecule has 68 valence electrons. The lowest BCUT2D eigenvalue weighted by Gasteiger charge is -1.91. The third-order valence-electron chi connectivity index (χ3n) is 2.06. The summed E-state index contributed by atoms with van der Waals surface area (Å²) in [5, 5.41) is 0. The first-order chi connectivity index (χ1) is 6.40. The first kappa shape index (κ1) is 8.26. The summed E-state index contributed by atoms with van der Waals surface area (Å²) in [6, 6.07) is 8.05. The molecule has 0 spiro atoms. The van der Waals surface area contributed by atoms with Gasteiger partial charge in [-0.2, -0.15) is 0 Å². The van der Waals surface area contributed by atoms with Gasteiger partial charge in [0.05, 0.1) is 11.0 Å². The lowest BCUT2D eigenvalue weighted by atomic mass is 10.3. The van der Waals surface area contributed by atoms with Crippen LogP contribution in [0.1, 0.15) is 12.2 Å². The highest BCUT2D eigenvalue weighted by Gasteiger charge is 1.99. The van der Waals surface area contributed by atoms with Gasteiger partial charge in [0.2, 0.25) is 0 Å². The van der Waals surface area contributed by atoms with Gasteiger partial charge in [-0.1, -0.05) is 12.1 Å². The fourth-order valence-electron chi connectivity index (χ4n) is 1.39. The number of hydrogen-bond acceptors (Lipinski definition) is 2. The summed E-state index contributed by atoms with van der Waals surface area (Å²) in [6.45, 7) is 0.719. The average molecular weight is 175 g/mol. The number of fused-ring (bicyclic) bond motifs is 1. The fourth-order valence-corrected chi connectivity index (χ4v) is 1.39. The molecule has 0 aliphatic heterocycles. The number of nitrogens with one attached hydrogen (secondary N) is 1. The molecule has 3 N–H and O–H groups in total. The molecule has 3 nitrogen and oxygen atoms in total. The number of nitrogens with zero attached hydrogens (tertiary/aromatic N) is 1. The van der Waals surface area contributed by atoms with Crippen LogP contribution in [0.3, 0.4) is 0 Å². The zero-order chi connectivity index (χ0) is 9.10. The van der Waals surface area contributed by atoms with Gasteiger partial charge in [0, 0.05) is 6.42 Å². The van der Waals surface area contributed by atoms with Gasteiger partial charge in [0.25, 0.3) is 0 Å². The zero-order valence-corrected chi connectivity index (χ0v) is 7.46. The molecule has 0 saturated carbocycles. The molecule has 1 aromatic carbocycles. The molecule has 0 radical (unpaired) electrons. The van der Waals surface area contributed by atoms with Crippen molar-refractivity contribution in [3.63, 3.8) is 0 Å². The molecule has 0 unspecified atom stereocenters. The van der Waals surface area contributed by atoms with Crippen LogP contribution in [0.5, 0.6) is 0 Å². The summed E-state index contributed by atoms with van der Waals surface area (Å²) in [5.74, 6) is 1.03. The highest BCUT2D eigenvalue weighted by Crippen LogP contribution is 2.10. The molecule has 0 amide bonds. The largest absolute Gasteiger partial charge is 0.342 e. The summed E-state index contributed by atoms with van der Waals surface area (Å²) < 4.78 is 0. The summed E-state index contributed by atoms with van der Waals surface area (Å²) in [4.78, 5) is 7.70. The number of para-hydroxylation sites is 2. The molecule has 0 saturated heterocycles. The highest BCUT2D eigenvalue weighted by molar-refractivity contribution is 5.74. The number of hydrogen-bond donors (Lipinski definition) is 2. The van der Waals surface area contributed by atoms with Crippen molar-refractivity contribution in [3.05, 3.63) is 30.1 Å². The Kier molecular flexibility index (Phi) is 2.27. The Hall–Kier alpha value is -1.35. The second-order valence-corrected chi connectivity index (χ2v) is 3.09. The highest BCUT2D eigenvalue weighted by atomic mass is 14.9. The molecule has 3 heteroatoms. The molecule has 0 bridgehead atoms. The predicted octanol–water partition coefficient (Wildman–Crippen LogP) is 1.45. The van der Waals surface area contributed by atoms with E-state index >= 15 is 0 Å². The van der Waals surface area contributed by atoms with E-state index in [9.17, 15) is 0 Å². The van der Waals surface area contributed by atoms with Crippen LogP contribution in [0, 0.1) is 0 Å². The van der Waals surface area contributed by atoms with Crippen molar-refractivity contribution in [1.29, 1.82) is 0 Å². The minimum atomic E-state index is 0.719. The van der Waals surface area contributed by atoms with Crippen molar-refractivity contribution in [2.24, 2.45) is 5.73 Å². The number of imidazole rings is 1. The topological polar surface area (TPSA) is 54.7 Å². The van der Waals surface area contributed by atoms with Crippen LogP contribution in [0.2, 0.25) is 0 Å². The van der Waals surface area contributed by atoms with E-state index in [0.717, 1.165) is 36.2 Å². The molecule has 1 aromatic heterocycles. The van der Waals surface area contributed by atoms with Gasteiger partial charge in [0.1, 0.15) is 5.82 Å². The van der Waals surface area contributed by atoms with Crippen LogP contribution >= 0.6 is 0 Å². The van der Waals surface area contributed by atoms with Crippen molar-refractivity contribution >= 4 is 11.0 Å². The van der Waals surface area contributed by atoms with E-state index in [1.165, 1.54) is 0 Å². The van der Waals surface area contributed by atoms with E-state index in [4.69, 9.17) is 5.73 Å². The molecule has 0 fully saturated rings. The van der Waals surface area contributed by atoms with Crippen LogP contribution in [-0.2, 0) is 6.42 Å². The second kappa shape index (κ2) is 3.58. The molecule has 13 heavy (non-hydrogen) atoms. The Morgan fingerprint density at radius 2 is 2.15 bits per heavy atom. The number of aryl methyl sites for hydroxylation is 1. The zero-order valence-electron chi connectivity index (χ0n) is 7.46. The van der Waals surface area contributed by atoms with Crippen molar-refractivity contribution in [1.82, 2.24) is 9.97 Å². The molecular weight excluding hydrogens is 162 g/mol. The SMILES string of the molecule is NCCCc1nc2ccccc2[nH]1. The third kappa shape index (κ3) is 1.70. The molecule has 2 aromatic rings. The van der Waals surface area contributed by atoms with E-state index in [0.29, 0.717) is 0 Å². The maximum atomic E-state index is 5.43. The predicted molar refractivity (Wildman–Crippen MR) is 53.5 cm³/mol. The van der Waals surface area contributed by atoms with Crippen LogP contribution in [-0.4, -0.2) is 16.5 Å². The second-order valence-electron chi connectivity index (χ2n) is 3.09. The van der Waals surface area contributed by atoms with Gasteiger partial charge in [-0.25, -0.2) is 4.98 Å². The lowest BCUT2D eigenvalue weighted by molar-refractivity contribution is 0.796. The standard InChI is InChI=1S/C10H13N3/c11-7-3-6-10-12-8-4-1-2-5-9(8)13-10/h1-2,4-5H,3,6-7,11H2,(H,12,13). The number of aromatic nitrogens is 2. The van der Waals surface area contributed by atoms with Gasteiger partial charge in [-0.3, -0.25) is 0 Å². The normalized spacial score (nSPS) is 10.8. The number of aromatic amines is 1. The summed E-state index contributed by atoms with van der Waals surface area (Å²) >= 11 is 0. The first-order valence-electron chi connectivity index (χ1n) is 4.54. The van der Waals surface area contributed by atoms with Crippen LogP contribution < -0.4 is 5.73 Å². The van der Waals surface area contributed by atoms with Crippen LogP contribution in [0.15, 0.2) is 24.3 Å². The maximum absolute atomic E-state index is 5.43. The van der Waals surface area contributed by atoms with Crippen molar-refractivity contribution < 1.29 is 0 Å². The minimum Gasteiger partial charge on any atom is -0.342 e. The number of rotatable bonds is 3. The first-order valence-corrected chi connectivity index (χ1v) is 4.54. The lowest BCUT2D eigenvalue weighted by Crippen LogP contribution is -2.01. The van der Waals surface area contributed by atoms with E-state index in [2.05, 4.69) is 9.97 Å². The summed E-state index contributed by atoms with van der Waals surface area (Å²) in [7, 11) is 0. The van der Waals surface area contributed by atoms with E-state index in [1.807, 2.05) is 24.3 Å². The maximum Gasteiger partial charge on any atom is 0.107 e. The fraction of sp³-hybridized carbons (Fsp3) is 0.300. The van der Waals surface area contributed by atoms with E-state index in [1.54, 1.807) is 0 Å². The number of nitrogens with two attached hydrogens (primary N) is 1. The van der Waals surface area contributed by atoms with Crippen LogP contribution in [0.4, 0.5) is 0 Å². The molecular formula is C10H13N3. The Labute approximate surface area is 77.0 Å². The Morgan fingerprint density at radius 1 is 1.31 bits per heavy atom. The summed E-state index contributed by atoms with van der Waals surface area (Å²) in [6.07, 6.45) is 1.92. The van der Waals surface area contributed by atoms with Crippen molar-refractivity contribution in [2.75, 3.05) is 6.54 Å². The van der Waals surface area contributed by atoms with E-state index in [-0.39, 0.29) is 0 Å². The van der Waals surface area contributed by atoms with Gasteiger partial charge in [-0.05, 0) is 25.1 Å². The van der Waals surface area contributed by atoms with E-state index < -0.39 is 0 Å². The molecule has 0 aliphatic carbocycles. The minimum absolute atomic E-state index is 0.719. The van der Waals surface area contributed by atoms with Crippen molar-refractivity contribution in [2.45, 2.75) is 12.8 Å². The monoisotopic (exact) mass is 175 g/mol. The van der Waals surface area contributed by atoms with Crippen molar-refractivity contribution in [3.8, 4) is 0 Å². The van der Waals surface area contributed by atoms with Gasteiger partial charge < -0.3 is 10.7 Å². The van der Waals surface area contributed by atoms with Crippen LogP contribution in [0.25, 0.3) is 11.0 Å². The number of H-pyrrole nitrogens is 1.